The van der Waals surface area contributed by atoms with E-state index in [0.717, 1.165) is 5.39 Å². The molecular formula is C21H21FN2O3. The van der Waals surface area contributed by atoms with Crippen LogP contribution in [-0.4, -0.2) is 29.1 Å². The van der Waals surface area contributed by atoms with Gasteiger partial charge in [0.15, 0.2) is 11.6 Å². The van der Waals surface area contributed by atoms with Crippen LogP contribution in [0, 0.1) is 5.82 Å². The molecule has 0 saturated carbocycles. The molecule has 0 aliphatic carbocycles. The van der Waals surface area contributed by atoms with Gasteiger partial charge in [0.25, 0.3) is 0 Å². The predicted octanol–water partition coefficient (Wildman–Crippen LogP) is 3.82. The maximum Gasteiger partial charge on any atom is 0.224 e. The van der Waals surface area contributed by atoms with Crippen molar-refractivity contribution in [2.24, 2.45) is 0 Å². The number of carbonyl (C=O) groups is 1. The third kappa shape index (κ3) is 4.16. The van der Waals surface area contributed by atoms with Crippen LogP contribution in [0.3, 0.4) is 0 Å². The monoisotopic (exact) mass is 368 g/mol. The van der Waals surface area contributed by atoms with Gasteiger partial charge in [-0.1, -0.05) is 0 Å². The molecular weight excluding hydrogens is 347 g/mol. The first-order chi connectivity index (χ1) is 12.9. The van der Waals surface area contributed by atoms with Crippen molar-refractivity contribution in [2.45, 2.75) is 26.3 Å². The minimum Gasteiger partial charge on any atom is -0.508 e. The van der Waals surface area contributed by atoms with E-state index < -0.39 is 5.82 Å². The first kappa shape index (κ1) is 18.6. The van der Waals surface area contributed by atoms with Gasteiger partial charge in [0.1, 0.15) is 5.75 Å². The second-order valence-electron chi connectivity index (χ2n) is 6.62. The smallest absolute Gasteiger partial charge is 0.224 e. The summed E-state index contributed by atoms with van der Waals surface area (Å²) in [5.41, 5.74) is 2.57. The summed E-state index contributed by atoms with van der Waals surface area (Å²) in [6.07, 6.45) is 0.117. The fourth-order valence-electron chi connectivity index (χ4n) is 2.95. The van der Waals surface area contributed by atoms with E-state index in [2.05, 4.69) is 10.3 Å². The average Bonchev–Trinajstić information content (AvgIpc) is 2.61. The number of nitrogens with one attached hydrogen (secondary N) is 1. The van der Waals surface area contributed by atoms with Crippen LogP contribution in [0.2, 0.25) is 0 Å². The van der Waals surface area contributed by atoms with Crippen molar-refractivity contribution >= 4 is 16.8 Å². The van der Waals surface area contributed by atoms with Crippen LogP contribution < -0.4 is 10.1 Å². The van der Waals surface area contributed by atoms with Gasteiger partial charge in [-0.25, -0.2) is 9.37 Å². The van der Waals surface area contributed by atoms with Crippen LogP contribution >= 0.6 is 0 Å². The minimum absolute atomic E-state index is 0.0179. The van der Waals surface area contributed by atoms with Crippen LogP contribution in [-0.2, 0) is 11.2 Å². The van der Waals surface area contributed by atoms with Crippen molar-refractivity contribution in [1.29, 1.82) is 0 Å². The SMILES string of the molecule is COc1cc(-c2nc3ccc(O)cc3cc2CC(=O)NC(C)C)ccc1F. The van der Waals surface area contributed by atoms with E-state index in [1.54, 1.807) is 30.3 Å². The molecule has 1 aromatic heterocycles. The number of hydrogen-bond acceptors (Lipinski definition) is 4. The molecule has 1 heterocycles. The lowest BCUT2D eigenvalue weighted by Crippen LogP contribution is -2.31. The fourth-order valence-corrected chi connectivity index (χ4v) is 2.95. The molecule has 0 fully saturated rings. The van der Waals surface area contributed by atoms with Gasteiger partial charge in [0.05, 0.1) is 24.7 Å². The fraction of sp³-hybridized carbons (Fsp3) is 0.238. The molecule has 2 aromatic carbocycles. The normalized spacial score (nSPS) is 11.0. The second-order valence-corrected chi connectivity index (χ2v) is 6.62. The molecule has 0 unspecified atom stereocenters. The molecule has 0 aliphatic heterocycles. The van der Waals surface area contributed by atoms with Crippen LogP contribution in [0.1, 0.15) is 19.4 Å². The number of phenolic OH excluding ortho intramolecular Hbond substituents is 1. The van der Waals surface area contributed by atoms with Crippen LogP contribution in [0.25, 0.3) is 22.2 Å². The van der Waals surface area contributed by atoms with Crippen molar-refractivity contribution < 1.29 is 19.0 Å². The molecule has 0 spiro atoms. The summed E-state index contributed by atoms with van der Waals surface area (Å²) in [7, 11) is 1.40. The first-order valence-corrected chi connectivity index (χ1v) is 8.63. The Morgan fingerprint density at radius 1 is 1.22 bits per heavy atom. The summed E-state index contributed by atoms with van der Waals surface area (Å²) in [6.45, 7) is 3.78. The van der Waals surface area contributed by atoms with Gasteiger partial charge in [-0.2, -0.15) is 0 Å². The van der Waals surface area contributed by atoms with Crippen molar-refractivity contribution in [3.63, 3.8) is 0 Å². The number of aromatic hydroxyl groups is 1. The lowest BCUT2D eigenvalue weighted by Gasteiger charge is -2.14. The molecule has 0 aliphatic rings. The Morgan fingerprint density at radius 2 is 2.00 bits per heavy atom. The zero-order valence-corrected chi connectivity index (χ0v) is 15.4. The molecule has 0 bridgehead atoms. The molecule has 0 atom stereocenters. The third-order valence-corrected chi connectivity index (χ3v) is 4.10. The number of methoxy groups -OCH3 is 1. The van der Waals surface area contributed by atoms with Gasteiger partial charge in [-0.05, 0) is 61.9 Å². The van der Waals surface area contributed by atoms with E-state index in [-0.39, 0.29) is 29.9 Å². The summed E-state index contributed by atoms with van der Waals surface area (Å²) in [4.78, 5) is 17.0. The van der Waals surface area contributed by atoms with E-state index in [0.29, 0.717) is 22.3 Å². The number of nitrogens with zero attached hydrogens (tertiary/aromatic N) is 1. The van der Waals surface area contributed by atoms with E-state index >= 15 is 0 Å². The topological polar surface area (TPSA) is 71.5 Å². The number of carbonyl (C=O) groups excluding carboxylic acids is 1. The number of pyridine rings is 1. The van der Waals surface area contributed by atoms with Crippen molar-refractivity contribution in [1.82, 2.24) is 10.3 Å². The Bertz CT molecular complexity index is 1000. The summed E-state index contributed by atoms with van der Waals surface area (Å²) < 4.78 is 18.9. The number of amides is 1. The highest BCUT2D eigenvalue weighted by molar-refractivity contribution is 5.88. The number of ether oxygens (including phenoxy) is 1. The highest BCUT2D eigenvalue weighted by Crippen LogP contribution is 2.31. The van der Waals surface area contributed by atoms with Crippen LogP contribution in [0.15, 0.2) is 42.5 Å². The van der Waals surface area contributed by atoms with Gasteiger partial charge in [-0.15, -0.1) is 0 Å². The summed E-state index contributed by atoms with van der Waals surface area (Å²) in [6, 6.07) is 11.2. The van der Waals surface area contributed by atoms with Crippen molar-refractivity contribution in [3.8, 4) is 22.8 Å². The van der Waals surface area contributed by atoms with Gasteiger partial charge in [-0.3, -0.25) is 4.79 Å². The number of halogens is 1. The molecule has 0 radical (unpaired) electrons. The third-order valence-electron chi connectivity index (χ3n) is 4.10. The van der Waals surface area contributed by atoms with Gasteiger partial charge in [0, 0.05) is 17.0 Å². The standard InChI is InChI=1S/C21H21FN2O3/c1-12(2)23-20(26)11-15-8-14-9-16(25)5-7-18(14)24-21(15)13-4-6-17(22)19(10-13)27-3/h4-10,12,25H,11H2,1-3H3,(H,23,26). The number of phenols is 1. The van der Waals surface area contributed by atoms with Crippen LogP contribution in [0.5, 0.6) is 11.5 Å². The molecule has 6 heteroatoms. The van der Waals surface area contributed by atoms with E-state index in [1.807, 2.05) is 19.9 Å². The first-order valence-electron chi connectivity index (χ1n) is 8.63. The minimum atomic E-state index is -0.467. The molecule has 140 valence electrons. The lowest BCUT2D eigenvalue weighted by molar-refractivity contribution is -0.120. The molecule has 3 rings (SSSR count). The molecule has 0 saturated heterocycles. The van der Waals surface area contributed by atoms with Crippen molar-refractivity contribution in [3.05, 3.63) is 53.8 Å². The molecule has 5 nitrogen and oxygen atoms in total. The number of rotatable bonds is 5. The molecule has 2 N–H and O–H groups in total. The van der Waals surface area contributed by atoms with Gasteiger partial charge < -0.3 is 15.2 Å². The highest BCUT2D eigenvalue weighted by atomic mass is 19.1. The highest BCUT2D eigenvalue weighted by Gasteiger charge is 2.15. The summed E-state index contributed by atoms with van der Waals surface area (Å²) in [5, 5.41) is 13.3. The molecule has 3 aromatic rings. The average molecular weight is 368 g/mol. The van der Waals surface area contributed by atoms with E-state index in [1.165, 1.54) is 13.2 Å². The Morgan fingerprint density at radius 3 is 2.70 bits per heavy atom. The zero-order chi connectivity index (χ0) is 19.6. The lowest BCUT2D eigenvalue weighted by atomic mass is 10.00. The van der Waals surface area contributed by atoms with Crippen molar-refractivity contribution in [2.75, 3.05) is 7.11 Å². The number of fused-ring (bicyclic) bond motifs is 1. The Hall–Kier alpha value is -3.15. The summed E-state index contributed by atoms with van der Waals surface area (Å²) >= 11 is 0. The number of aromatic nitrogens is 1. The van der Waals surface area contributed by atoms with E-state index in [4.69, 9.17) is 4.74 Å². The van der Waals surface area contributed by atoms with E-state index in [9.17, 15) is 14.3 Å². The Labute approximate surface area is 156 Å². The second kappa shape index (κ2) is 7.61. The summed E-state index contributed by atoms with van der Waals surface area (Å²) in [5.74, 6) is -0.372. The molecule has 1 amide bonds. The Balaban J connectivity index is 2.14. The van der Waals surface area contributed by atoms with Gasteiger partial charge >= 0.3 is 0 Å². The quantitative estimate of drug-likeness (QED) is 0.718. The van der Waals surface area contributed by atoms with Crippen LogP contribution in [0.4, 0.5) is 4.39 Å². The largest absolute Gasteiger partial charge is 0.508 e. The maximum atomic E-state index is 13.8. The number of benzene rings is 2. The maximum absolute atomic E-state index is 13.8. The molecule has 27 heavy (non-hydrogen) atoms. The van der Waals surface area contributed by atoms with Gasteiger partial charge in [0.2, 0.25) is 5.91 Å². The predicted molar refractivity (Wildman–Crippen MR) is 102 cm³/mol. The zero-order valence-electron chi connectivity index (χ0n) is 15.4. The number of hydrogen-bond donors (Lipinski definition) is 2. The Kier molecular flexibility index (Phi) is 5.26.